The quantitative estimate of drug-likeness (QED) is 0.878. The van der Waals surface area contributed by atoms with Crippen LogP contribution in [-0.4, -0.2) is 22.0 Å². The zero-order valence-corrected chi connectivity index (χ0v) is 11.2. The van der Waals surface area contributed by atoms with E-state index < -0.39 is 0 Å². The van der Waals surface area contributed by atoms with Crippen molar-refractivity contribution in [3.8, 4) is 0 Å². The Labute approximate surface area is 108 Å². The van der Waals surface area contributed by atoms with Gasteiger partial charge in [0.15, 0.2) is 0 Å². The number of aryl methyl sites for hydroxylation is 2. The third-order valence-electron chi connectivity index (χ3n) is 4.03. The molecule has 96 valence electrons. The molecule has 3 rings (SSSR count). The Kier molecular flexibility index (Phi) is 3.08. The molecule has 1 unspecified atom stereocenters. The number of fused-ring (bicyclic) bond motifs is 1. The van der Waals surface area contributed by atoms with Gasteiger partial charge in [-0.2, -0.15) is 0 Å². The van der Waals surface area contributed by atoms with Crippen molar-refractivity contribution in [3.63, 3.8) is 0 Å². The molecule has 2 aromatic heterocycles. The average molecular weight is 243 g/mol. The third-order valence-corrected chi connectivity index (χ3v) is 4.03. The lowest BCUT2D eigenvalue weighted by Crippen LogP contribution is -2.35. The molecule has 0 amide bonds. The van der Waals surface area contributed by atoms with E-state index in [0.717, 1.165) is 18.6 Å². The molecule has 0 radical (unpaired) electrons. The Balaban J connectivity index is 1.92. The highest BCUT2D eigenvalue weighted by Crippen LogP contribution is 2.18. The number of piperidine rings is 1. The molecule has 3 nitrogen and oxygen atoms in total. The van der Waals surface area contributed by atoms with Gasteiger partial charge in [0.05, 0.1) is 5.69 Å². The summed E-state index contributed by atoms with van der Waals surface area (Å²) in [6.07, 6.45) is 7.13. The Morgan fingerprint density at radius 2 is 2.28 bits per heavy atom. The van der Waals surface area contributed by atoms with Crippen LogP contribution in [0.25, 0.3) is 5.65 Å². The molecule has 1 saturated heterocycles. The lowest BCUT2D eigenvalue weighted by atomic mass is 10.00. The SMILES string of the molecule is Cc1cccn2c(C)c(CC3CCCCN3)nc12. The van der Waals surface area contributed by atoms with E-state index in [-0.39, 0.29) is 0 Å². The van der Waals surface area contributed by atoms with Gasteiger partial charge in [0.1, 0.15) is 5.65 Å². The predicted octanol–water partition coefficient (Wildman–Crippen LogP) is 2.64. The Bertz CT molecular complexity index is 550. The highest BCUT2D eigenvalue weighted by atomic mass is 15.0. The van der Waals surface area contributed by atoms with Crippen molar-refractivity contribution in [2.24, 2.45) is 0 Å². The molecule has 1 aliphatic rings. The molecule has 1 N–H and O–H groups in total. The van der Waals surface area contributed by atoms with Gasteiger partial charge >= 0.3 is 0 Å². The maximum atomic E-state index is 4.83. The smallest absolute Gasteiger partial charge is 0.140 e. The van der Waals surface area contributed by atoms with Crippen molar-refractivity contribution < 1.29 is 0 Å². The second-order valence-corrected chi connectivity index (χ2v) is 5.38. The van der Waals surface area contributed by atoms with E-state index in [1.165, 1.54) is 36.2 Å². The van der Waals surface area contributed by atoms with Gasteiger partial charge in [-0.15, -0.1) is 0 Å². The van der Waals surface area contributed by atoms with Crippen LogP contribution in [-0.2, 0) is 6.42 Å². The summed E-state index contributed by atoms with van der Waals surface area (Å²) in [6, 6.07) is 4.84. The highest BCUT2D eigenvalue weighted by Gasteiger charge is 2.17. The Morgan fingerprint density at radius 1 is 1.39 bits per heavy atom. The van der Waals surface area contributed by atoms with E-state index >= 15 is 0 Å². The van der Waals surface area contributed by atoms with Crippen molar-refractivity contribution in [1.82, 2.24) is 14.7 Å². The van der Waals surface area contributed by atoms with E-state index in [1.807, 2.05) is 0 Å². The molecular formula is C15H21N3. The number of rotatable bonds is 2. The number of aromatic nitrogens is 2. The van der Waals surface area contributed by atoms with Gasteiger partial charge < -0.3 is 9.72 Å². The number of hydrogen-bond donors (Lipinski definition) is 1. The first-order chi connectivity index (χ1) is 8.75. The first-order valence-corrected chi connectivity index (χ1v) is 6.92. The fraction of sp³-hybridized carbons (Fsp3) is 0.533. The topological polar surface area (TPSA) is 29.3 Å². The minimum absolute atomic E-state index is 0.614. The maximum Gasteiger partial charge on any atom is 0.140 e. The van der Waals surface area contributed by atoms with Gasteiger partial charge in [-0.05, 0) is 44.9 Å². The van der Waals surface area contributed by atoms with E-state index in [0.29, 0.717) is 6.04 Å². The van der Waals surface area contributed by atoms with Crippen LogP contribution in [0.3, 0.4) is 0 Å². The number of imidazole rings is 1. The van der Waals surface area contributed by atoms with Crippen LogP contribution in [0.1, 0.15) is 36.2 Å². The molecule has 3 heteroatoms. The summed E-state index contributed by atoms with van der Waals surface area (Å²) in [4.78, 5) is 4.83. The van der Waals surface area contributed by atoms with Crippen LogP contribution in [0.15, 0.2) is 18.3 Å². The van der Waals surface area contributed by atoms with Crippen LogP contribution in [0.5, 0.6) is 0 Å². The zero-order chi connectivity index (χ0) is 12.5. The lowest BCUT2D eigenvalue weighted by Gasteiger charge is -2.22. The van der Waals surface area contributed by atoms with Crippen LogP contribution < -0.4 is 5.32 Å². The third kappa shape index (κ3) is 2.03. The van der Waals surface area contributed by atoms with Crippen LogP contribution in [0, 0.1) is 13.8 Å². The molecule has 1 atom stereocenters. The van der Waals surface area contributed by atoms with Crippen LogP contribution in [0.2, 0.25) is 0 Å². The summed E-state index contributed by atoms with van der Waals surface area (Å²) in [5.74, 6) is 0. The summed E-state index contributed by atoms with van der Waals surface area (Å²) in [5.41, 5.74) is 4.91. The summed E-state index contributed by atoms with van der Waals surface area (Å²) < 4.78 is 2.22. The monoisotopic (exact) mass is 243 g/mol. The summed E-state index contributed by atoms with van der Waals surface area (Å²) in [6.45, 7) is 5.47. The molecule has 1 fully saturated rings. The molecule has 3 heterocycles. The van der Waals surface area contributed by atoms with Crippen molar-refractivity contribution >= 4 is 5.65 Å². The van der Waals surface area contributed by atoms with Crippen molar-refractivity contribution in [3.05, 3.63) is 35.3 Å². The van der Waals surface area contributed by atoms with Gasteiger partial charge in [0, 0.05) is 24.4 Å². The number of hydrogen-bond acceptors (Lipinski definition) is 2. The van der Waals surface area contributed by atoms with Gasteiger partial charge in [-0.25, -0.2) is 4.98 Å². The molecule has 0 aliphatic carbocycles. The van der Waals surface area contributed by atoms with Crippen molar-refractivity contribution in [1.29, 1.82) is 0 Å². The maximum absolute atomic E-state index is 4.83. The molecular weight excluding hydrogens is 222 g/mol. The van der Waals surface area contributed by atoms with Gasteiger partial charge in [0.2, 0.25) is 0 Å². The number of nitrogens with one attached hydrogen (secondary N) is 1. The lowest BCUT2D eigenvalue weighted by molar-refractivity contribution is 0.397. The summed E-state index contributed by atoms with van der Waals surface area (Å²) in [5, 5.41) is 3.60. The normalized spacial score (nSPS) is 20.4. The molecule has 2 aromatic rings. The van der Waals surface area contributed by atoms with Gasteiger partial charge in [0.25, 0.3) is 0 Å². The van der Waals surface area contributed by atoms with Gasteiger partial charge in [-0.1, -0.05) is 12.5 Å². The number of nitrogens with zero attached hydrogens (tertiary/aromatic N) is 2. The molecule has 1 aliphatic heterocycles. The Morgan fingerprint density at radius 3 is 3.00 bits per heavy atom. The highest BCUT2D eigenvalue weighted by molar-refractivity contribution is 5.50. The van der Waals surface area contributed by atoms with Gasteiger partial charge in [-0.3, -0.25) is 0 Å². The van der Waals surface area contributed by atoms with E-state index in [1.54, 1.807) is 0 Å². The largest absolute Gasteiger partial charge is 0.314 e. The fourth-order valence-electron chi connectivity index (χ4n) is 2.89. The summed E-state index contributed by atoms with van der Waals surface area (Å²) in [7, 11) is 0. The average Bonchev–Trinajstić information content (AvgIpc) is 2.70. The second-order valence-electron chi connectivity index (χ2n) is 5.38. The van der Waals surface area contributed by atoms with E-state index in [2.05, 4.69) is 41.9 Å². The fourth-order valence-corrected chi connectivity index (χ4v) is 2.89. The molecule has 0 bridgehead atoms. The standard InChI is InChI=1S/C15H21N3/c1-11-6-5-9-18-12(2)14(17-15(11)18)10-13-7-3-4-8-16-13/h5-6,9,13,16H,3-4,7-8,10H2,1-2H3. The predicted molar refractivity (Wildman–Crippen MR) is 74.0 cm³/mol. The minimum atomic E-state index is 0.614. The first kappa shape index (κ1) is 11.7. The van der Waals surface area contributed by atoms with Crippen molar-refractivity contribution in [2.75, 3.05) is 6.54 Å². The summed E-state index contributed by atoms with van der Waals surface area (Å²) >= 11 is 0. The molecule has 18 heavy (non-hydrogen) atoms. The second kappa shape index (κ2) is 4.73. The van der Waals surface area contributed by atoms with E-state index in [9.17, 15) is 0 Å². The minimum Gasteiger partial charge on any atom is -0.314 e. The molecule has 0 aromatic carbocycles. The molecule has 0 spiro atoms. The number of pyridine rings is 1. The van der Waals surface area contributed by atoms with Crippen molar-refractivity contribution in [2.45, 2.75) is 45.6 Å². The first-order valence-electron chi connectivity index (χ1n) is 6.92. The van der Waals surface area contributed by atoms with E-state index in [4.69, 9.17) is 4.98 Å². The van der Waals surface area contributed by atoms with Crippen LogP contribution >= 0.6 is 0 Å². The molecule has 0 saturated carbocycles. The zero-order valence-electron chi connectivity index (χ0n) is 11.2. The Hall–Kier alpha value is -1.35. The van der Waals surface area contributed by atoms with Crippen LogP contribution in [0.4, 0.5) is 0 Å².